The molecule has 2 aliphatic rings. The minimum atomic E-state index is 0.287. The number of benzene rings is 1. The molecule has 0 spiro atoms. The molecule has 2 aromatic rings. The second-order valence-electron chi connectivity index (χ2n) is 7.01. The predicted octanol–water partition coefficient (Wildman–Crippen LogP) is 2.93. The van der Waals surface area contributed by atoms with Crippen LogP contribution in [-0.4, -0.2) is 46.4 Å². The summed E-state index contributed by atoms with van der Waals surface area (Å²) in [6, 6.07) is 8.96. The van der Waals surface area contributed by atoms with Gasteiger partial charge in [-0.3, -0.25) is 9.69 Å². The number of aromatic amines is 1. The van der Waals surface area contributed by atoms with Gasteiger partial charge in [0.2, 0.25) is 5.91 Å². The van der Waals surface area contributed by atoms with Crippen LogP contribution in [-0.2, 0) is 17.8 Å². The van der Waals surface area contributed by atoms with E-state index in [9.17, 15) is 4.79 Å². The number of aromatic nitrogens is 1. The van der Waals surface area contributed by atoms with E-state index in [1.165, 1.54) is 41.4 Å². The number of hydrogen-bond donors (Lipinski definition) is 1. The van der Waals surface area contributed by atoms with Crippen LogP contribution in [0.5, 0.6) is 0 Å². The van der Waals surface area contributed by atoms with Gasteiger partial charge >= 0.3 is 0 Å². The van der Waals surface area contributed by atoms with E-state index < -0.39 is 0 Å². The molecule has 1 amide bonds. The molecule has 2 aliphatic heterocycles. The number of fused-ring (bicyclic) bond motifs is 3. The lowest BCUT2D eigenvalue weighted by atomic mass is 10.0. The molecule has 1 saturated heterocycles. The molecule has 4 nitrogen and oxygen atoms in total. The van der Waals surface area contributed by atoms with Crippen LogP contribution >= 0.6 is 0 Å². The Morgan fingerprint density at radius 2 is 2.13 bits per heavy atom. The third-order valence-electron chi connectivity index (χ3n) is 5.51. The number of hydrogen-bond acceptors (Lipinski definition) is 2. The van der Waals surface area contributed by atoms with Crippen LogP contribution in [0.25, 0.3) is 10.9 Å². The number of para-hydroxylation sites is 1. The maximum absolute atomic E-state index is 12.8. The fourth-order valence-corrected chi connectivity index (χ4v) is 4.05. The van der Waals surface area contributed by atoms with Crippen molar-refractivity contribution in [3.05, 3.63) is 35.5 Å². The van der Waals surface area contributed by atoms with Crippen molar-refractivity contribution in [1.82, 2.24) is 14.8 Å². The van der Waals surface area contributed by atoms with Crippen LogP contribution in [0.4, 0.5) is 0 Å². The molecule has 23 heavy (non-hydrogen) atoms. The molecule has 0 saturated carbocycles. The fraction of sp³-hybridized carbons (Fsp3) is 0.526. The molecule has 1 aromatic heterocycles. The highest BCUT2D eigenvalue weighted by Gasteiger charge is 2.27. The van der Waals surface area contributed by atoms with Gasteiger partial charge in [-0.1, -0.05) is 24.6 Å². The van der Waals surface area contributed by atoms with Crippen molar-refractivity contribution in [2.75, 3.05) is 19.6 Å². The number of carbonyl (C=O) groups excluding carboxylic acids is 1. The Kier molecular flexibility index (Phi) is 3.85. The van der Waals surface area contributed by atoms with Crippen molar-refractivity contribution in [2.45, 2.75) is 45.2 Å². The van der Waals surface area contributed by atoms with Crippen molar-refractivity contribution in [2.24, 2.45) is 0 Å². The van der Waals surface area contributed by atoms with Gasteiger partial charge in [-0.15, -0.1) is 0 Å². The van der Waals surface area contributed by atoms with E-state index in [1.54, 1.807) is 0 Å². The number of likely N-dealkylation sites (tertiary alicyclic amines) is 1. The summed E-state index contributed by atoms with van der Waals surface area (Å²) < 4.78 is 0. The minimum Gasteiger partial charge on any atom is -0.358 e. The first-order valence-electron chi connectivity index (χ1n) is 8.82. The second kappa shape index (κ2) is 6.00. The normalized spacial score (nSPS) is 22.3. The van der Waals surface area contributed by atoms with E-state index in [-0.39, 0.29) is 5.91 Å². The zero-order valence-electron chi connectivity index (χ0n) is 13.8. The molecule has 0 aliphatic carbocycles. The number of nitrogens with one attached hydrogen (secondary N) is 1. The molecular weight excluding hydrogens is 286 g/mol. The van der Waals surface area contributed by atoms with Gasteiger partial charge in [0.1, 0.15) is 0 Å². The van der Waals surface area contributed by atoms with Crippen LogP contribution in [0.1, 0.15) is 37.4 Å². The molecular formula is C19H25N3O. The predicted molar refractivity (Wildman–Crippen MR) is 92.3 cm³/mol. The van der Waals surface area contributed by atoms with Gasteiger partial charge in [0.15, 0.2) is 0 Å². The molecule has 1 N–H and O–H groups in total. The Bertz CT molecular complexity index is 720. The van der Waals surface area contributed by atoms with E-state index in [0.29, 0.717) is 12.6 Å². The van der Waals surface area contributed by atoms with Gasteiger partial charge in [0.05, 0.1) is 6.54 Å². The van der Waals surface area contributed by atoms with E-state index in [2.05, 4.69) is 41.1 Å². The summed E-state index contributed by atoms with van der Waals surface area (Å²) in [5, 5.41) is 1.27. The third kappa shape index (κ3) is 2.76. The second-order valence-corrected chi connectivity index (χ2v) is 7.01. The topological polar surface area (TPSA) is 39.3 Å². The number of nitrogens with zero attached hydrogens (tertiary/aromatic N) is 2. The van der Waals surface area contributed by atoms with Gasteiger partial charge in [-0.2, -0.15) is 0 Å². The largest absolute Gasteiger partial charge is 0.358 e. The number of rotatable bonds is 2. The zero-order chi connectivity index (χ0) is 15.8. The summed E-state index contributed by atoms with van der Waals surface area (Å²) in [7, 11) is 0. The summed E-state index contributed by atoms with van der Waals surface area (Å²) in [4.78, 5) is 20.7. The summed E-state index contributed by atoms with van der Waals surface area (Å²) in [6.07, 6.45) is 4.68. The maximum atomic E-state index is 12.8. The standard InChI is InChI=1S/C19H25N3O/c1-14-6-4-5-10-21(14)13-19(23)22-11-9-18-16(12-22)15-7-2-3-8-17(15)20-18/h2-3,7-8,14,20H,4-6,9-13H2,1H3/t14-/m0/s1. The van der Waals surface area contributed by atoms with Crippen molar-refractivity contribution in [1.29, 1.82) is 0 Å². The van der Waals surface area contributed by atoms with E-state index in [4.69, 9.17) is 0 Å². The molecule has 4 heteroatoms. The Morgan fingerprint density at radius 3 is 3.00 bits per heavy atom. The van der Waals surface area contributed by atoms with E-state index in [1.807, 2.05) is 4.90 Å². The van der Waals surface area contributed by atoms with Gasteiger partial charge < -0.3 is 9.88 Å². The van der Waals surface area contributed by atoms with Gasteiger partial charge in [-0.05, 0) is 32.4 Å². The highest BCUT2D eigenvalue weighted by Crippen LogP contribution is 2.27. The molecule has 122 valence electrons. The summed E-state index contributed by atoms with van der Waals surface area (Å²) in [5.41, 5.74) is 3.81. The average molecular weight is 311 g/mol. The lowest BCUT2D eigenvalue weighted by Crippen LogP contribution is -2.46. The lowest BCUT2D eigenvalue weighted by molar-refractivity contribution is -0.134. The van der Waals surface area contributed by atoms with Crippen molar-refractivity contribution < 1.29 is 4.79 Å². The molecule has 1 fully saturated rings. The Morgan fingerprint density at radius 1 is 1.26 bits per heavy atom. The maximum Gasteiger partial charge on any atom is 0.237 e. The number of piperidine rings is 1. The highest BCUT2D eigenvalue weighted by molar-refractivity contribution is 5.86. The average Bonchev–Trinajstić information content (AvgIpc) is 2.94. The van der Waals surface area contributed by atoms with Gasteiger partial charge in [0.25, 0.3) is 0 Å². The van der Waals surface area contributed by atoms with Crippen LogP contribution in [0.2, 0.25) is 0 Å². The van der Waals surface area contributed by atoms with E-state index in [0.717, 1.165) is 26.1 Å². The summed E-state index contributed by atoms with van der Waals surface area (Å²) >= 11 is 0. The molecule has 4 rings (SSSR count). The summed E-state index contributed by atoms with van der Waals surface area (Å²) in [6.45, 7) is 5.49. The molecule has 0 bridgehead atoms. The first-order chi connectivity index (χ1) is 11.2. The molecule has 0 radical (unpaired) electrons. The zero-order valence-corrected chi connectivity index (χ0v) is 13.8. The van der Waals surface area contributed by atoms with E-state index >= 15 is 0 Å². The SMILES string of the molecule is C[C@H]1CCCCN1CC(=O)N1CCc2[nH]c3ccccc3c2C1. The Balaban J connectivity index is 1.50. The molecule has 1 aromatic carbocycles. The van der Waals surface area contributed by atoms with Crippen molar-refractivity contribution in [3.8, 4) is 0 Å². The first kappa shape index (κ1) is 14.8. The number of amides is 1. The van der Waals surface area contributed by atoms with Crippen LogP contribution in [0.3, 0.4) is 0 Å². The molecule has 1 atom stereocenters. The molecule has 3 heterocycles. The van der Waals surface area contributed by atoms with Gasteiger partial charge in [-0.25, -0.2) is 0 Å². The van der Waals surface area contributed by atoms with Crippen LogP contribution in [0, 0.1) is 0 Å². The quantitative estimate of drug-likeness (QED) is 0.926. The Hall–Kier alpha value is -1.81. The number of carbonyl (C=O) groups is 1. The number of H-pyrrole nitrogens is 1. The Labute approximate surface area is 137 Å². The van der Waals surface area contributed by atoms with Crippen molar-refractivity contribution in [3.63, 3.8) is 0 Å². The lowest BCUT2D eigenvalue weighted by Gasteiger charge is -2.35. The monoisotopic (exact) mass is 311 g/mol. The third-order valence-corrected chi connectivity index (χ3v) is 5.51. The van der Waals surface area contributed by atoms with Crippen LogP contribution < -0.4 is 0 Å². The molecule has 0 unspecified atom stereocenters. The van der Waals surface area contributed by atoms with Gasteiger partial charge in [0, 0.05) is 47.7 Å². The van der Waals surface area contributed by atoms with Crippen LogP contribution in [0.15, 0.2) is 24.3 Å². The first-order valence-corrected chi connectivity index (χ1v) is 8.82. The van der Waals surface area contributed by atoms with Crippen molar-refractivity contribution >= 4 is 16.8 Å². The smallest absolute Gasteiger partial charge is 0.237 e. The highest BCUT2D eigenvalue weighted by atomic mass is 16.2. The minimum absolute atomic E-state index is 0.287. The fourth-order valence-electron chi connectivity index (χ4n) is 4.05. The summed E-state index contributed by atoms with van der Waals surface area (Å²) in [5.74, 6) is 0.287.